The van der Waals surface area contributed by atoms with E-state index in [0.717, 1.165) is 13.1 Å². The molecule has 24 heavy (non-hydrogen) atoms. The maximum atomic E-state index is 12.5. The third-order valence-electron chi connectivity index (χ3n) is 4.06. The molecule has 8 heteroatoms. The highest BCUT2D eigenvalue weighted by atomic mass is 16.5. The molecule has 4 rings (SSSR count). The molecule has 0 spiro atoms. The zero-order valence-electron chi connectivity index (χ0n) is 13.3. The normalized spacial score (nSPS) is 20.1. The number of hydrogen-bond donors (Lipinski definition) is 1. The van der Waals surface area contributed by atoms with Crippen LogP contribution in [0.4, 0.5) is 5.95 Å². The number of aryl methyl sites for hydroxylation is 1. The molecule has 124 valence electrons. The standard InChI is InChI=1S/C16H18N6O2/c1-11-10-13(23)22-14(12-4-2-3-5-17-12)19-15(20-16(22)18-11)21-6-8-24-9-7-21/h2-5,10,14H,6-9H2,1H3,(H,18,19,20). The Morgan fingerprint density at radius 2 is 2.12 bits per heavy atom. The van der Waals surface area contributed by atoms with Crippen LogP contribution in [-0.4, -0.2) is 51.7 Å². The van der Waals surface area contributed by atoms with Gasteiger partial charge in [-0.2, -0.15) is 0 Å². The van der Waals surface area contributed by atoms with Crippen LogP contribution >= 0.6 is 0 Å². The molecule has 1 atom stereocenters. The fourth-order valence-electron chi connectivity index (χ4n) is 2.90. The lowest BCUT2D eigenvalue weighted by atomic mass is 10.2. The SMILES string of the molecule is Cc1cc(=O)n2c(n1)NC(N1CCOCC1)=NC2c1ccccn1. The molecule has 2 aliphatic rings. The van der Waals surface area contributed by atoms with Crippen molar-refractivity contribution in [2.45, 2.75) is 13.1 Å². The van der Waals surface area contributed by atoms with Gasteiger partial charge in [0.2, 0.25) is 11.9 Å². The molecule has 1 N–H and O–H groups in total. The van der Waals surface area contributed by atoms with Crippen molar-refractivity contribution >= 4 is 11.9 Å². The number of nitrogens with one attached hydrogen (secondary N) is 1. The van der Waals surface area contributed by atoms with E-state index in [2.05, 4.69) is 20.2 Å². The van der Waals surface area contributed by atoms with Crippen LogP contribution in [0.5, 0.6) is 0 Å². The molecular formula is C16H18N6O2. The summed E-state index contributed by atoms with van der Waals surface area (Å²) < 4.78 is 6.94. The summed E-state index contributed by atoms with van der Waals surface area (Å²) in [4.78, 5) is 28.2. The second-order valence-electron chi connectivity index (χ2n) is 5.73. The fraction of sp³-hybridized carbons (Fsp3) is 0.375. The minimum Gasteiger partial charge on any atom is -0.378 e. The van der Waals surface area contributed by atoms with Gasteiger partial charge in [0, 0.05) is 31.0 Å². The molecule has 4 heterocycles. The summed E-state index contributed by atoms with van der Waals surface area (Å²) in [6.45, 7) is 4.61. The summed E-state index contributed by atoms with van der Waals surface area (Å²) in [5.74, 6) is 1.19. The molecule has 0 radical (unpaired) electrons. The molecule has 1 fully saturated rings. The van der Waals surface area contributed by atoms with Gasteiger partial charge in [-0.1, -0.05) is 6.07 Å². The van der Waals surface area contributed by atoms with Crippen molar-refractivity contribution in [2.24, 2.45) is 4.99 Å². The predicted molar refractivity (Wildman–Crippen MR) is 89.1 cm³/mol. The minimum atomic E-state index is -0.527. The van der Waals surface area contributed by atoms with Crippen molar-refractivity contribution in [1.82, 2.24) is 19.4 Å². The number of morpholine rings is 1. The molecule has 0 aromatic carbocycles. The van der Waals surface area contributed by atoms with E-state index in [1.165, 1.54) is 6.07 Å². The van der Waals surface area contributed by atoms with E-state index in [1.807, 2.05) is 18.2 Å². The van der Waals surface area contributed by atoms with E-state index >= 15 is 0 Å². The van der Waals surface area contributed by atoms with E-state index < -0.39 is 6.17 Å². The zero-order valence-corrected chi connectivity index (χ0v) is 13.3. The van der Waals surface area contributed by atoms with E-state index in [4.69, 9.17) is 9.73 Å². The number of hydrogen-bond acceptors (Lipinski definition) is 7. The van der Waals surface area contributed by atoms with E-state index in [1.54, 1.807) is 17.7 Å². The predicted octanol–water partition coefficient (Wildman–Crippen LogP) is 0.607. The molecule has 1 saturated heterocycles. The Kier molecular flexibility index (Phi) is 3.73. The first kappa shape index (κ1) is 14.8. The Labute approximate surface area is 138 Å². The molecule has 2 aromatic rings. The van der Waals surface area contributed by atoms with Crippen molar-refractivity contribution in [3.63, 3.8) is 0 Å². The van der Waals surface area contributed by atoms with Crippen LogP contribution in [0.2, 0.25) is 0 Å². The quantitative estimate of drug-likeness (QED) is 0.826. The third kappa shape index (κ3) is 2.65. The average Bonchev–Trinajstić information content (AvgIpc) is 2.62. The molecule has 2 aliphatic heterocycles. The highest BCUT2D eigenvalue weighted by molar-refractivity contribution is 5.93. The van der Waals surface area contributed by atoms with Gasteiger partial charge in [0.05, 0.1) is 18.9 Å². The Bertz CT molecular complexity index is 826. The smallest absolute Gasteiger partial charge is 0.257 e. The maximum Gasteiger partial charge on any atom is 0.257 e. The van der Waals surface area contributed by atoms with Gasteiger partial charge >= 0.3 is 0 Å². The molecule has 1 unspecified atom stereocenters. The Hall–Kier alpha value is -2.74. The van der Waals surface area contributed by atoms with Gasteiger partial charge in [-0.3, -0.25) is 15.1 Å². The fourth-order valence-corrected chi connectivity index (χ4v) is 2.90. The van der Waals surface area contributed by atoms with Crippen molar-refractivity contribution in [2.75, 3.05) is 31.6 Å². The Morgan fingerprint density at radius 1 is 1.29 bits per heavy atom. The third-order valence-corrected chi connectivity index (χ3v) is 4.06. The van der Waals surface area contributed by atoms with Gasteiger partial charge in [-0.05, 0) is 19.1 Å². The van der Waals surface area contributed by atoms with Crippen molar-refractivity contribution in [3.8, 4) is 0 Å². The molecule has 0 amide bonds. The van der Waals surface area contributed by atoms with Crippen LogP contribution in [-0.2, 0) is 4.74 Å². The summed E-state index contributed by atoms with van der Waals surface area (Å²) in [5, 5.41) is 3.19. The average molecular weight is 326 g/mol. The summed E-state index contributed by atoms with van der Waals surface area (Å²) in [7, 11) is 0. The first-order valence-corrected chi connectivity index (χ1v) is 7.91. The maximum absolute atomic E-state index is 12.5. The number of anilines is 1. The second-order valence-corrected chi connectivity index (χ2v) is 5.73. The minimum absolute atomic E-state index is 0.148. The second kappa shape index (κ2) is 6.04. The van der Waals surface area contributed by atoms with Gasteiger partial charge in [-0.15, -0.1) is 0 Å². The largest absolute Gasteiger partial charge is 0.378 e. The summed E-state index contributed by atoms with van der Waals surface area (Å²) in [5.41, 5.74) is 1.23. The van der Waals surface area contributed by atoms with Crippen molar-refractivity contribution in [3.05, 3.63) is 52.2 Å². The van der Waals surface area contributed by atoms with Crippen LogP contribution in [0, 0.1) is 6.92 Å². The lowest BCUT2D eigenvalue weighted by Crippen LogP contribution is -2.47. The van der Waals surface area contributed by atoms with Crippen LogP contribution in [0.25, 0.3) is 0 Å². The Balaban J connectivity index is 1.82. The van der Waals surface area contributed by atoms with Crippen LogP contribution in [0.1, 0.15) is 17.6 Å². The van der Waals surface area contributed by atoms with Crippen LogP contribution in [0.3, 0.4) is 0 Å². The number of rotatable bonds is 1. The van der Waals surface area contributed by atoms with E-state index in [9.17, 15) is 4.79 Å². The monoisotopic (exact) mass is 326 g/mol. The lowest BCUT2D eigenvalue weighted by molar-refractivity contribution is 0.0675. The highest BCUT2D eigenvalue weighted by Crippen LogP contribution is 2.24. The van der Waals surface area contributed by atoms with Gasteiger partial charge < -0.3 is 9.64 Å². The van der Waals surface area contributed by atoms with Gasteiger partial charge in [0.1, 0.15) is 0 Å². The molecule has 8 nitrogen and oxygen atoms in total. The summed E-state index contributed by atoms with van der Waals surface area (Å²) >= 11 is 0. The number of guanidine groups is 1. The highest BCUT2D eigenvalue weighted by Gasteiger charge is 2.28. The molecule has 0 saturated carbocycles. The number of nitrogens with zero attached hydrogens (tertiary/aromatic N) is 5. The number of pyridine rings is 1. The number of ether oxygens (including phenoxy) is 1. The zero-order chi connectivity index (χ0) is 16.5. The molecular weight excluding hydrogens is 308 g/mol. The van der Waals surface area contributed by atoms with Gasteiger partial charge in [0.25, 0.3) is 5.56 Å². The van der Waals surface area contributed by atoms with Crippen LogP contribution in [0.15, 0.2) is 40.2 Å². The lowest BCUT2D eigenvalue weighted by Gasteiger charge is -2.34. The van der Waals surface area contributed by atoms with Gasteiger partial charge in [0.15, 0.2) is 6.17 Å². The van der Waals surface area contributed by atoms with Crippen LogP contribution < -0.4 is 10.9 Å². The topological polar surface area (TPSA) is 84.6 Å². The van der Waals surface area contributed by atoms with Crippen molar-refractivity contribution < 1.29 is 4.74 Å². The summed E-state index contributed by atoms with van der Waals surface area (Å²) in [6.07, 6.45) is 1.18. The number of aliphatic imine (C=N–C) groups is 1. The first-order chi connectivity index (χ1) is 11.7. The number of aromatic nitrogens is 3. The molecule has 0 aliphatic carbocycles. The van der Waals surface area contributed by atoms with Crippen molar-refractivity contribution in [1.29, 1.82) is 0 Å². The summed E-state index contributed by atoms with van der Waals surface area (Å²) in [6, 6.07) is 7.11. The molecule has 0 bridgehead atoms. The van der Waals surface area contributed by atoms with Gasteiger partial charge in [-0.25, -0.2) is 14.5 Å². The molecule has 2 aromatic heterocycles. The van der Waals surface area contributed by atoms with E-state index in [0.29, 0.717) is 36.5 Å². The van der Waals surface area contributed by atoms with E-state index in [-0.39, 0.29) is 5.56 Å². The number of fused-ring (bicyclic) bond motifs is 1. The Morgan fingerprint density at radius 3 is 2.88 bits per heavy atom. The first-order valence-electron chi connectivity index (χ1n) is 7.91.